The van der Waals surface area contributed by atoms with Crippen LogP contribution in [0.25, 0.3) is 16.4 Å². The smallest absolute Gasteiger partial charge is 0.263 e. The van der Waals surface area contributed by atoms with Crippen LogP contribution in [-0.4, -0.2) is 9.38 Å². The summed E-state index contributed by atoms with van der Waals surface area (Å²) >= 11 is 0. The van der Waals surface area contributed by atoms with Crippen molar-refractivity contribution in [3.05, 3.63) is 58.1 Å². The molecule has 3 aromatic rings. The number of benzene rings is 1. The van der Waals surface area contributed by atoms with E-state index in [2.05, 4.69) is 42.3 Å². The van der Waals surface area contributed by atoms with Gasteiger partial charge in [-0.05, 0) is 24.2 Å². The molecule has 2 aromatic heterocycles. The molecule has 2 aliphatic rings. The van der Waals surface area contributed by atoms with E-state index < -0.39 is 0 Å². The molecule has 1 saturated carbocycles. The van der Waals surface area contributed by atoms with Crippen LogP contribution in [0.15, 0.2) is 35.3 Å². The molecule has 0 spiro atoms. The summed E-state index contributed by atoms with van der Waals surface area (Å²) in [5.74, 6) is 0.560. The minimum Gasteiger partial charge on any atom is -0.345 e. The molecule has 2 bridgehead atoms. The molecule has 2 atom stereocenters. The molecule has 1 aromatic carbocycles. The first kappa shape index (κ1) is 16.0. The number of aromatic nitrogens is 2. The second-order valence-corrected chi connectivity index (χ2v) is 7.83. The van der Waals surface area contributed by atoms with Crippen LogP contribution in [-0.2, 0) is 25.5 Å². The van der Waals surface area contributed by atoms with Gasteiger partial charge in [0.15, 0.2) is 0 Å². The molecule has 2 heterocycles. The predicted octanol–water partition coefficient (Wildman–Crippen LogP) is 3.82. The summed E-state index contributed by atoms with van der Waals surface area (Å²) in [7, 11) is 0. The Balaban J connectivity index is 0.00000146. The van der Waals surface area contributed by atoms with Crippen LogP contribution in [0.4, 0.5) is 0 Å². The Labute approximate surface area is 154 Å². The van der Waals surface area contributed by atoms with Crippen molar-refractivity contribution in [1.29, 1.82) is 0 Å². The Kier molecular flexibility index (Phi) is 3.18. The fourth-order valence-electron chi connectivity index (χ4n) is 5.21. The van der Waals surface area contributed by atoms with Gasteiger partial charge in [-0.15, -0.1) is 29.7 Å². The van der Waals surface area contributed by atoms with Crippen LogP contribution in [0, 0.1) is 11.5 Å². The summed E-state index contributed by atoms with van der Waals surface area (Å²) in [4.78, 5) is 16.2. The van der Waals surface area contributed by atoms with Gasteiger partial charge in [0.05, 0.1) is 5.65 Å². The van der Waals surface area contributed by atoms with Gasteiger partial charge in [0.2, 0.25) is 0 Å². The predicted molar refractivity (Wildman–Crippen MR) is 90.9 cm³/mol. The van der Waals surface area contributed by atoms with E-state index in [-0.39, 0.29) is 36.5 Å². The zero-order valence-electron chi connectivity index (χ0n) is 14.0. The Hall–Kier alpha value is -1.51. The summed E-state index contributed by atoms with van der Waals surface area (Å²) in [5, 5.41) is 2.19. The third-order valence-corrected chi connectivity index (χ3v) is 6.77. The maximum Gasteiger partial charge on any atom is 0.263 e. The minimum absolute atomic E-state index is 0. The van der Waals surface area contributed by atoms with E-state index in [1.54, 1.807) is 6.07 Å². The summed E-state index contributed by atoms with van der Waals surface area (Å²) < 4.78 is 2.16. The molecule has 4 heteroatoms. The van der Waals surface area contributed by atoms with Crippen molar-refractivity contribution in [3.8, 4) is 0 Å². The SMILES string of the molecule is CC12CCC(c3c1n1ccc(=O)nc1c1[c-]cccc31)C2(C)C.[Ir]. The zero-order chi connectivity index (χ0) is 16.0. The minimum atomic E-state index is -0.184. The fraction of sp³-hybridized carbons (Fsp3) is 0.400. The Morgan fingerprint density at radius 3 is 2.88 bits per heavy atom. The summed E-state index contributed by atoms with van der Waals surface area (Å²) in [6.07, 6.45) is 4.34. The average Bonchev–Trinajstić information content (AvgIpc) is 2.87. The number of pyridine rings is 1. The zero-order valence-corrected chi connectivity index (χ0v) is 16.4. The van der Waals surface area contributed by atoms with Crippen molar-refractivity contribution in [2.24, 2.45) is 5.41 Å². The quantitative estimate of drug-likeness (QED) is 0.351. The molecule has 0 aliphatic heterocycles. The van der Waals surface area contributed by atoms with Crippen molar-refractivity contribution in [1.82, 2.24) is 9.38 Å². The largest absolute Gasteiger partial charge is 0.345 e. The van der Waals surface area contributed by atoms with Gasteiger partial charge < -0.3 is 4.40 Å². The Bertz CT molecular complexity index is 1050. The number of fused-ring (bicyclic) bond motifs is 10. The molecule has 5 rings (SSSR count). The molecule has 0 N–H and O–H groups in total. The van der Waals surface area contributed by atoms with Crippen molar-refractivity contribution in [3.63, 3.8) is 0 Å². The third kappa shape index (κ3) is 1.61. The number of hydrogen-bond donors (Lipinski definition) is 0. The summed E-state index contributed by atoms with van der Waals surface area (Å²) in [6, 6.07) is 11.0. The summed E-state index contributed by atoms with van der Waals surface area (Å²) in [5.41, 5.74) is 3.70. The average molecular weight is 496 g/mol. The van der Waals surface area contributed by atoms with Crippen LogP contribution < -0.4 is 5.56 Å². The van der Waals surface area contributed by atoms with Crippen molar-refractivity contribution >= 4 is 16.4 Å². The van der Waals surface area contributed by atoms with E-state index in [9.17, 15) is 4.79 Å². The first-order valence-electron chi connectivity index (χ1n) is 8.31. The van der Waals surface area contributed by atoms with E-state index in [0.717, 1.165) is 11.0 Å². The van der Waals surface area contributed by atoms with Crippen molar-refractivity contribution < 1.29 is 20.1 Å². The second kappa shape index (κ2) is 4.77. The van der Waals surface area contributed by atoms with Crippen molar-refractivity contribution in [2.75, 3.05) is 0 Å². The second-order valence-electron chi connectivity index (χ2n) is 7.83. The van der Waals surface area contributed by atoms with Gasteiger partial charge in [-0.1, -0.05) is 31.7 Å². The Morgan fingerprint density at radius 1 is 1.29 bits per heavy atom. The third-order valence-electron chi connectivity index (χ3n) is 6.77. The van der Waals surface area contributed by atoms with Gasteiger partial charge >= 0.3 is 0 Å². The molecular weight excluding hydrogens is 476 g/mol. The van der Waals surface area contributed by atoms with E-state index >= 15 is 0 Å². The molecular formula is C20H19IrN2O-. The molecule has 1 fully saturated rings. The molecule has 0 amide bonds. The molecule has 24 heavy (non-hydrogen) atoms. The maximum atomic E-state index is 11.9. The molecule has 3 nitrogen and oxygen atoms in total. The van der Waals surface area contributed by atoms with Gasteiger partial charge in [-0.3, -0.25) is 4.79 Å². The number of hydrogen-bond acceptors (Lipinski definition) is 2. The maximum absolute atomic E-state index is 11.9. The van der Waals surface area contributed by atoms with Crippen LogP contribution in [0.3, 0.4) is 0 Å². The van der Waals surface area contributed by atoms with E-state index in [0.29, 0.717) is 5.92 Å². The summed E-state index contributed by atoms with van der Waals surface area (Å²) in [6.45, 7) is 7.17. The first-order chi connectivity index (χ1) is 10.9. The molecule has 125 valence electrons. The van der Waals surface area contributed by atoms with Gasteiger partial charge in [0, 0.05) is 43.5 Å². The van der Waals surface area contributed by atoms with Crippen molar-refractivity contribution in [2.45, 2.75) is 44.9 Å². The molecule has 2 aliphatic carbocycles. The first-order valence-corrected chi connectivity index (χ1v) is 8.31. The fourth-order valence-corrected chi connectivity index (χ4v) is 5.21. The van der Waals surface area contributed by atoms with E-state index in [4.69, 9.17) is 0 Å². The molecule has 0 saturated heterocycles. The van der Waals surface area contributed by atoms with Crippen LogP contribution in [0.2, 0.25) is 0 Å². The van der Waals surface area contributed by atoms with Gasteiger partial charge in [-0.2, -0.15) is 0 Å². The van der Waals surface area contributed by atoms with Crippen LogP contribution >= 0.6 is 0 Å². The number of nitrogens with zero attached hydrogens (tertiary/aromatic N) is 2. The van der Waals surface area contributed by atoms with Crippen LogP contribution in [0.1, 0.15) is 50.8 Å². The van der Waals surface area contributed by atoms with E-state index in [1.165, 1.54) is 29.5 Å². The van der Waals surface area contributed by atoms with Gasteiger partial charge in [0.1, 0.15) is 0 Å². The standard InChI is InChI=1S/C20H19N2O.Ir/c1-19(2)14-8-10-20(19,3)17-16(14)12-6-4-5-7-13(12)18-21-15(23)9-11-22(17)18;/h4-6,9,11,14H,8,10H2,1-3H3;/q-1;. The topological polar surface area (TPSA) is 34.4 Å². The number of rotatable bonds is 0. The van der Waals surface area contributed by atoms with Gasteiger partial charge in [0.25, 0.3) is 5.56 Å². The monoisotopic (exact) mass is 496 g/mol. The van der Waals surface area contributed by atoms with Crippen LogP contribution in [0.5, 0.6) is 0 Å². The molecule has 2 unspecified atom stereocenters. The van der Waals surface area contributed by atoms with Gasteiger partial charge in [-0.25, -0.2) is 4.98 Å². The Morgan fingerprint density at radius 2 is 2.08 bits per heavy atom. The van der Waals surface area contributed by atoms with E-state index in [1.807, 2.05) is 18.3 Å². The molecule has 1 radical (unpaired) electrons. The normalized spacial score (nSPS) is 26.5.